The van der Waals surface area contributed by atoms with Gasteiger partial charge in [-0.25, -0.2) is 8.42 Å². The highest BCUT2D eigenvalue weighted by Gasteiger charge is 2.31. The van der Waals surface area contributed by atoms with E-state index < -0.39 is 15.9 Å². The molecule has 1 aromatic carbocycles. The van der Waals surface area contributed by atoms with Crippen LogP contribution in [0.25, 0.3) is 0 Å². The molecule has 7 nitrogen and oxygen atoms in total. The van der Waals surface area contributed by atoms with Crippen LogP contribution in [0.5, 0.6) is 0 Å². The molecule has 2 N–H and O–H groups in total. The fraction of sp³-hybridized carbons (Fsp3) is 0.368. The Morgan fingerprint density at radius 3 is 2.57 bits per heavy atom. The van der Waals surface area contributed by atoms with E-state index in [4.69, 9.17) is 0 Å². The third-order valence-electron chi connectivity index (χ3n) is 4.68. The molecule has 0 aliphatic carbocycles. The fourth-order valence-corrected chi connectivity index (χ4v) is 5.96. The van der Waals surface area contributed by atoms with Crippen LogP contribution in [-0.2, 0) is 21.2 Å². The lowest BCUT2D eigenvalue weighted by Crippen LogP contribution is -2.29. The molecule has 0 bridgehead atoms. The van der Waals surface area contributed by atoms with Gasteiger partial charge in [-0.1, -0.05) is 18.2 Å². The second-order valence-corrected chi connectivity index (χ2v) is 9.33. The number of benzene rings is 1. The van der Waals surface area contributed by atoms with E-state index in [0.29, 0.717) is 31.6 Å². The number of amides is 2. The second kappa shape index (κ2) is 8.85. The number of rotatable bonds is 7. The van der Waals surface area contributed by atoms with Crippen molar-refractivity contribution in [3.8, 4) is 0 Å². The minimum Gasteiger partial charge on any atom is -0.359 e. The number of para-hydroxylation sites is 1. The highest BCUT2D eigenvalue weighted by Crippen LogP contribution is 2.29. The zero-order valence-electron chi connectivity index (χ0n) is 15.6. The maximum atomic E-state index is 12.9. The van der Waals surface area contributed by atoms with Crippen molar-refractivity contribution in [3.05, 3.63) is 46.2 Å². The summed E-state index contributed by atoms with van der Waals surface area (Å²) in [5.74, 6) is -0.543. The molecular formula is C19H23N3O4S2. The van der Waals surface area contributed by atoms with Crippen LogP contribution in [0, 0.1) is 0 Å². The van der Waals surface area contributed by atoms with E-state index in [1.807, 2.05) is 12.1 Å². The average Bonchev–Trinajstić information content (AvgIpc) is 3.39. The Morgan fingerprint density at radius 2 is 1.86 bits per heavy atom. The largest absolute Gasteiger partial charge is 0.359 e. The first-order valence-corrected chi connectivity index (χ1v) is 11.4. The first kappa shape index (κ1) is 20.5. The maximum absolute atomic E-state index is 12.9. The third-order valence-corrected chi connectivity index (χ3v) is 7.67. The minimum atomic E-state index is -3.67. The molecular weight excluding hydrogens is 398 g/mol. The number of aryl methyl sites for hydroxylation is 1. The molecule has 3 rings (SSSR count). The van der Waals surface area contributed by atoms with Crippen LogP contribution < -0.4 is 10.6 Å². The van der Waals surface area contributed by atoms with Crippen molar-refractivity contribution in [1.82, 2.24) is 9.62 Å². The SMILES string of the molecule is CNC(=O)CCc1ccccc1NC(=O)c1sccc1S(=O)(=O)N1CCCC1. The van der Waals surface area contributed by atoms with Gasteiger partial charge in [-0.2, -0.15) is 4.31 Å². The quantitative estimate of drug-likeness (QED) is 0.718. The van der Waals surface area contributed by atoms with E-state index in [9.17, 15) is 18.0 Å². The van der Waals surface area contributed by atoms with Gasteiger partial charge in [0.1, 0.15) is 9.77 Å². The summed E-state index contributed by atoms with van der Waals surface area (Å²) in [7, 11) is -2.09. The third kappa shape index (κ3) is 4.43. The summed E-state index contributed by atoms with van der Waals surface area (Å²) in [6, 6.07) is 8.71. The lowest BCUT2D eigenvalue weighted by Gasteiger charge is -2.16. The van der Waals surface area contributed by atoms with Gasteiger partial charge in [0.2, 0.25) is 15.9 Å². The van der Waals surface area contributed by atoms with E-state index in [1.54, 1.807) is 24.6 Å². The summed E-state index contributed by atoms with van der Waals surface area (Å²) in [6.07, 6.45) is 2.45. The van der Waals surface area contributed by atoms with E-state index in [2.05, 4.69) is 10.6 Å². The molecule has 0 unspecified atom stereocenters. The van der Waals surface area contributed by atoms with Gasteiger partial charge >= 0.3 is 0 Å². The fourth-order valence-electron chi connectivity index (χ4n) is 3.15. The van der Waals surface area contributed by atoms with Crippen molar-refractivity contribution in [2.24, 2.45) is 0 Å². The van der Waals surface area contributed by atoms with E-state index in [0.717, 1.165) is 29.7 Å². The van der Waals surface area contributed by atoms with Crippen molar-refractivity contribution >= 4 is 38.9 Å². The number of sulfonamides is 1. The summed E-state index contributed by atoms with van der Waals surface area (Å²) in [6.45, 7) is 0.975. The molecule has 0 saturated carbocycles. The lowest BCUT2D eigenvalue weighted by atomic mass is 10.1. The number of nitrogens with one attached hydrogen (secondary N) is 2. The van der Waals surface area contributed by atoms with Crippen molar-refractivity contribution in [2.45, 2.75) is 30.6 Å². The Balaban J connectivity index is 1.80. The highest BCUT2D eigenvalue weighted by atomic mass is 32.2. The minimum absolute atomic E-state index is 0.0553. The van der Waals surface area contributed by atoms with Crippen LogP contribution in [-0.4, -0.2) is 44.7 Å². The smallest absolute Gasteiger partial charge is 0.267 e. The molecule has 2 heterocycles. The van der Waals surface area contributed by atoms with Crippen molar-refractivity contribution in [3.63, 3.8) is 0 Å². The number of hydrogen-bond donors (Lipinski definition) is 2. The molecule has 1 aromatic heterocycles. The Bertz CT molecular complexity index is 963. The van der Waals surface area contributed by atoms with Gasteiger partial charge < -0.3 is 10.6 Å². The van der Waals surface area contributed by atoms with Crippen LogP contribution in [0.4, 0.5) is 5.69 Å². The summed E-state index contributed by atoms with van der Waals surface area (Å²) in [5, 5.41) is 7.01. The van der Waals surface area contributed by atoms with Crippen LogP contribution in [0.1, 0.15) is 34.5 Å². The van der Waals surface area contributed by atoms with E-state index >= 15 is 0 Å². The van der Waals surface area contributed by atoms with Crippen molar-refractivity contribution < 1.29 is 18.0 Å². The second-order valence-electron chi connectivity index (χ2n) is 6.51. The van der Waals surface area contributed by atoms with Crippen LogP contribution in [0.15, 0.2) is 40.6 Å². The Labute approximate surface area is 168 Å². The van der Waals surface area contributed by atoms with Gasteiger partial charge in [0.15, 0.2) is 0 Å². The molecule has 2 aromatic rings. The molecule has 0 spiro atoms. The normalized spacial score (nSPS) is 14.8. The number of nitrogens with zero attached hydrogens (tertiary/aromatic N) is 1. The number of anilines is 1. The molecule has 1 aliphatic rings. The van der Waals surface area contributed by atoms with E-state index in [1.165, 1.54) is 10.4 Å². The van der Waals surface area contributed by atoms with Crippen LogP contribution >= 0.6 is 11.3 Å². The molecule has 9 heteroatoms. The van der Waals surface area contributed by atoms with Crippen molar-refractivity contribution in [1.29, 1.82) is 0 Å². The van der Waals surface area contributed by atoms with E-state index in [-0.39, 0.29) is 15.7 Å². The van der Waals surface area contributed by atoms with Gasteiger partial charge in [0.25, 0.3) is 5.91 Å². The van der Waals surface area contributed by atoms with Gasteiger partial charge in [0, 0.05) is 32.2 Å². The van der Waals surface area contributed by atoms with Gasteiger partial charge in [-0.15, -0.1) is 11.3 Å². The number of carbonyl (C=O) groups excluding carboxylic acids is 2. The van der Waals surface area contributed by atoms with Gasteiger partial charge in [0.05, 0.1) is 0 Å². The molecule has 2 amide bonds. The summed E-state index contributed by atoms with van der Waals surface area (Å²) < 4.78 is 27.2. The monoisotopic (exact) mass is 421 g/mol. The molecule has 28 heavy (non-hydrogen) atoms. The highest BCUT2D eigenvalue weighted by molar-refractivity contribution is 7.89. The van der Waals surface area contributed by atoms with Crippen LogP contribution in [0.2, 0.25) is 0 Å². The topological polar surface area (TPSA) is 95.6 Å². The Hall–Kier alpha value is -2.23. The summed E-state index contributed by atoms with van der Waals surface area (Å²) in [5.41, 5.74) is 1.40. The number of thiophene rings is 1. The van der Waals surface area contributed by atoms with Gasteiger partial charge in [-0.3, -0.25) is 9.59 Å². The molecule has 0 atom stereocenters. The summed E-state index contributed by atoms with van der Waals surface area (Å²) in [4.78, 5) is 24.6. The first-order chi connectivity index (χ1) is 13.4. The number of carbonyl (C=O) groups is 2. The maximum Gasteiger partial charge on any atom is 0.267 e. The van der Waals surface area contributed by atoms with Crippen LogP contribution in [0.3, 0.4) is 0 Å². The number of hydrogen-bond acceptors (Lipinski definition) is 5. The Kier molecular flexibility index (Phi) is 6.48. The summed E-state index contributed by atoms with van der Waals surface area (Å²) >= 11 is 1.11. The predicted molar refractivity (Wildman–Crippen MR) is 109 cm³/mol. The standard InChI is InChI=1S/C19H23N3O4S2/c1-20-17(23)9-8-14-6-2-3-7-15(14)21-19(24)18-16(10-13-27-18)28(25,26)22-11-4-5-12-22/h2-3,6-7,10,13H,4-5,8-9,11-12H2,1H3,(H,20,23)(H,21,24). The Morgan fingerprint density at radius 1 is 1.14 bits per heavy atom. The molecule has 1 aliphatic heterocycles. The van der Waals surface area contributed by atoms with Crippen molar-refractivity contribution in [2.75, 3.05) is 25.5 Å². The molecule has 150 valence electrons. The zero-order valence-corrected chi connectivity index (χ0v) is 17.2. The zero-order chi connectivity index (χ0) is 20.1. The van der Waals surface area contributed by atoms with Gasteiger partial charge in [-0.05, 0) is 42.3 Å². The first-order valence-electron chi connectivity index (χ1n) is 9.11. The average molecular weight is 422 g/mol. The molecule has 0 radical (unpaired) electrons. The molecule has 1 saturated heterocycles. The predicted octanol–water partition coefficient (Wildman–Crippen LogP) is 2.46. The lowest BCUT2D eigenvalue weighted by molar-refractivity contribution is -0.120. The molecule has 1 fully saturated rings.